The minimum absolute atomic E-state index is 0.154. The van der Waals surface area contributed by atoms with Gasteiger partial charge in [0.2, 0.25) is 6.20 Å². The van der Waals surface area contributed by atoms with E-state index in [1.54, 1.807) is 0 Å². The van der Waals surface area contributed by atoms with Crippen LogP contribution in [-0.2, 0) is 14.1 Å². The first-order chi connectivity index (χ1) is 11.1. The molecule has 0 saturated heterocycles. The monoisotopic (exact) mass is 305 g/mol. The van der Waals surface area contributed by atoms with Crippen molar-refractivity contribution < 1.29 is 13.6 Å². The van der Waals surface area contributed by atoms with Gasteiger partial charge in [-0.1, -0.05) is 6.07 Å². The Morgan fingerprint density at radius 3 is 2.74 bits per heavy atom. The molecule has 0 unspecified atom stereocenters. The van der Waals surface area contributed by atoms with E-state index in [9.17, 15) is 0 Å². The van der Waals surface area contributed by atoms with E-state index in [0.29, 0.717) is 0 Å². The van der Waals surface area contributed by atoms with E-state index in [1.165, 1.54) is 16.6 Å². The second kappa shape index (κ2) is 4.98. The predicted molar refractivity (Wildman–Crippen MR) is 92.4 cm³/mol. The highest BCUT2D eigenvalue weighted by atomic mass is 16.3. The maximum absolute atomic E-state index is 6.21. The van der Waals surface area contributed by atoms with E-state index in [0.717, 1.165) is 17.1 Å². The van der Waals surface area contributed by atoms with Gasteiger partial charge >= 0.3 is 6.85 Å². The van der Waals surface area contributed by atoms with Crippen LogP contribution in [-0.4, -0.2) is 6.85 Å². The highest BCUT2D eigenvalue weighted by molar-refractivity contribution is 6.76. The molecule has 3 aromatic rings. The zero-order valence-corrected chi connectivity index (χ0v) is 13.9. The Hall–Kier alpha value is -2.56. The largest absolute Gasteiger partial charge is 0.459 e. The molecule has 0 aromatic carbocycles. The van der Waals surface area contributed by atoms with E-state index in [2.05, 4.69) is 66.8 Å². The lowest BCUT2D eigenvalue weighted by Gasteiger charge is -2.25. The molecule has 0 amide bonds. The Morgan fingerprint density at radius 1 is 1.13 bits per heavy atom. The molecular weight excluding hydrogens is 285 g/mol. The number of allylic oxidation sites excluding steroid dienone is 1. The fraction of sp³-hybridized carbons (Fsp3) is 0.222. The fourth-order valence-electron chi connectivity index (χ4n) is 3.49. The number of pyridine rings is 2. The maximum atomic E-state index is 6.21. The van der Waals surface area contributed by atoms with E-state index in [-0.39, 0.29) is 6.85 Å². The van der Waals surface area contributed by atoms with Gasteiger partial charge in [-0.15, -0.1) is 0 Å². The third-order valence-electron chi connectivity index (χ3n) is 4.61. The van der Waals surface area contributed by atoms with Crippen molar-refractivity contribution in [1.29, 1.82) is 0 Å². The van der Waals surface area contributed by atoms with Gasteiger partial charge in [0.25, 0.3) is 5.82 Å². The first-order valence-corrected chi connectivity index (χ1v) is 7.90. The summed E-state index contributed by atoms with van der Waals surface area (Å²) in [4.78, 5) is 2.32. The lowest BCUT2D eigenvalue weighted by Crippen LogP contribution is -2.52. The van der Waals surface area contributed by atoms with Crippen LogP contribution in [0.15, 0.2) is 53.0 Å². The standard InChI is InChI=1S/C18H20BN3O/c1-13-11-15-14-8-10-20(3)12-16(14)23-18(15)19(2)22(13)17-7-5-6-9-21(17)4/h5-12H,1-4H3/q+2. The third kappa shape index (κ3) is 2.07. The minimum Gasteiger partial charge on any atom is -0.459 e. The van der Waals surface area contributed by atoms with E-state index in [4.69, 9.17) is 4.42 Å². The van der Waals surface area contributed by atoms with Crippen molar-refractivity contribution in [1.82, 2.24) is 0 Å². The average molecular weight is 305 g/mol. The van der Waals surface area contributed by atoms with Crippen LogP contribution >= 0.6 is 0 Å². The molecule has 5 heteroatoms. The van der Waals surface area contributed by atoms with E-state index >= 15 is 0 Å². The summed E-state index contributed by atoms with van der Waals surface area (Å²) in [5, 5.41) is 1.18. The van der Waals surface area contributed by atoms with Crippen molar-refractivity contribution in [3.63, 3.8) is 0 Å². The van der Waals surface area contributed by atoms with Crippen LogP contribution in [0.1, 0.15) is 12.5 Å². The Balaban J connectivity index is 1.91. The van der Waals surface area contributed by atoms with Crippen LogP contribution in [0.25, 0.3) is 17.0 Å². The SMILES string of the molecule is CB1c2oc3c[n+](C)ccc3c2C=C(C)N1c1cccc[n+]1C. The fourth-order valence-corrected chi connectivity index (χ4v) is 3.49. The summed E-state index contributed by atoms with van der Waals surface area (Å²) in [6.45, 7) is 4.51. The zero-order chi connectivity index (χ0) is 16.1. The van der Waals surface area contributed by atoms with Crippen molar-refractivity contribution in [2.45, 2.75) is 13.7 Å². The molecule has 4 nitrogen and oxygen atoms in total. The Bertz CT molecular complexity index is 945. The molecule has 0 fully saturated rings. The van der Waals surface area contributed by atoms with Crippen molar-refractivity contribution in [3.05, 3.63) is 54.1 Å². The molecule has 23 heavy (non-hydrogen) atoms. The molecule has 0 spiro atoms. The molecular formula is C18H20BN3O+2. The number of anilines is 1. The van der Waals surface area contributed by atoms with Crippen molar-refractivity contribution in [3.8, 4) is 0 Å². The van der Waals surface area contributed by atoms with Gasteiger partial charge in [0.1, 0.15) is 12.7 Å². The van der Waals surface area contributed by atoms with E-state index in [1.807, 2.05) is 23.9 Å². The summed E-state index contributed by atoms with van der Waals surface area (Å²) in [6, 6.07) is 8.39. The molecule has 0 N–H and O–H groups in total. The van der Waals surface area contributed by atoms with Gasteiger partial charge in [0.05, 0.1) is 18.9 Å². The van der Waals surface area contributed by atoms with Gasteiger partial charge < -0.3 is 4.42 Å². The molecule has 0 bridgehead atoms. The summed E-state index contributed by atoms with van der Waals surface area (Å²) >= 11 is 0. The second-order valence-corrected chi connectivity index (χ2v) is 6.27. The molecule has 114 valence electrons. The smallest absolute Gasteiger partial charge is 0.447 e. The number of aryl methyl sites for hydroxylation is 2. The van der Waals surface area contributed by atoms with Gasteiger partial charge in [0.15, 0.2) is 11.8 Å². The number of rotatable bonds is 1. The van der Waals surface area contributed by atoms with Crippen LogP contribution in [0.3, 0.4) is 0 Å². The summed E-state index contributed by atoms with van der Waals surface area (Å²) in [7, 11) is 4.09. The zero-order valence-electron chi connectivity index (χ0n) is 13.9. The summed E-state index contributed by atoms with van der Waals surface area (Å²) < 4.78 is 10.4. The van der Waals surface area contributed by atoms with E-state index < -0.39 is 0 Å². The van der Waals surface area contributed by atoms with Gasteiger partial charge in [-0.2, -0.15) is 0 Å². The molecule has 0 radical (unpaired) electrons. The normalized spacial score (nSPS) is 14.2. The van der Waals surface area contributed by atoms with Crippen molar-refractivity contribution in [2.75, 3.05) is 4.81 Å². The quantitative estimate of drug-likeness (QED) is 0.506. The first kappa shape index (κ1) is 14.1. The van der Waals surface area contributed by atoms with Gasteiger partial charge in [-0.05, 0) is 25.9 Å². The molecule has 3 aromatic heterocycles. The minimum atomic E-state index is 0.154. The molecule has 4 rings (SSSR count). The second-order valence-electron chi connectivity index (χ2n) is 6.27. The van der Waals surface area contributed by atoms with Crippen molar-refractivity contribution >= 4 is 35.4 Å². The number of aromatic nitrogens is 2. The average Bonchev–Trinajstić information content (AvgIpc) is 2.87. The van der Waals surface area contributed by atoms with Crippen LogP contribution in [0.4, 0.5) is 5.82 Å². The molecule has 0 aliphatic carbocycles. The number of hydrogen-bond acceptors (Lipinski definition) is 2. The van der Waals surface area contributed by atoms with Crippen LogP contribution in [0, 0.1) is 0 Å². The molecule has 1 aliphatic rings. The van der Waals surface area contributed by atoms with Gasteiger partial charge in [-0.25, -0.2) is 9.13 Å². The van der Waals surface area contributed by atoms with Gasteiger partial charge in [-0.3, -0.25) is 4.81 Å². The number of furan rings is 1. The predicted octanol–water partition coefficient (Wildman–Crippen LogP) is 1.79. The van der Waals surface area contributed by atoms with Gasteiger partial charge in [0, 0.05) is 23.1 Å². The number of nitrogens with zero attached hydrogens (tertiary/aromatic N) is 3. The summed E-state index contributed by atoms with van der Waals surface area (Å²) in [5.74, 6) is 1.16. The molecule has 4 heterocycles. The molecule has 1 aliphatic heterocycles. The molecule has 0 saturated carbocycles. The highest BCUT2D eigenvalue weighted by Crippen LogP contribution is 2.28. The highest BCUT2D eigenvalue weighted by Gasteiger charge is 2.40. The maximum Gasteiger partial charge on any atom is 0.447 e. The summed E-state index contributed by atoms with van der Waals surface area (Å²) in [5.41, 5.74) is 4.40. The lowest BCUT2D eigenvalue weighted by molar-refractivity contribution is -0.670. The first-order valence-electron chi connectivity index (χ1n) is 7.90. The lowest BCUT2D eigenvalue weighted by atomic mass is 9.57. The third-order valence-corrected chi connectivity index (χ3v) is 4.61. The number of hydrogen-bond donors (Lipinski definition) is 0. The number of fused-ring (bicyclic) bond motifs is 3. The van der Waals surface area contributed by atoms with Crippen LogP contribution in [0.5, 0.6) is 0 Å². The van der Waals surface area contributed by atoms with Crippen LogP contribution < -0.4 is 19.6 Å². The Morgan fingerprint density at radius 2 is 1.96 bits per heavy atom. The van der Waals surface area contributed by atoms with Crippen molar-refractivity contribution in [2.24, 2.45) is 14.1 Å². The van der Waals surface area contributed by atoms with Crippen LogP contribution in [0.2, 0.25) is 6.82 Å². The topological polar surface area (TPSA) is 24.1 Å². The Labute approximate surface area is 136 Å². The molecule has 0 atom stereocenters. The summed E-state index contributed by atoms with van der Waals surface area (Å²) in [6.07, 6.45) is 8.41. The Kier molecular flexibility index (Phi) is 3.05.